The van der Waals surface area contributed by atoms with Gasteiger partial charge in [0.25, 0.3) is 0 Å². The Morgan fingerprint density at radius 1 is 1.26 bits per heavy atom. The molecule has 4 heteroatoms. The van der Waals surface area contributed by atoms with Crippen LogP contribution in [-0.4, -0.2) is 6.61 Å². The van der Waals surface area contributed by atoms with Gasteiger partial charge in [0.15, 0.2) is 0 Å². The Bertz CT molecular complexity index is 596. The first kappa shape index (κ1) is 11.1. The normalized spacial score (nSPS) is 28.6. The maximum atomic E-state index is 13.4. The zero-order chi connectivity index (χ0) is 12.8. The molecule has 1 aromatic heterocycles. The molecule has 2 aliphatic heterocycles. The highest BCUT2D eigenvalue weighted by molar-refractivity contribution is 5.56. The van der Waals surface area contributed by atoms with Crippen LogP contribution in [0.1, 0.15) is 29.9 Å². The van der Waals surface area contributed by atoms with Crippen molar-refractivity contribution in [3.63, 3.8) is 0 Å². The van der Waals surface area contributed by atoms with Gasteiger partial charge in [-0.3, -0.25) is 0 Å². The van der Waals surface area contributed by atoms with Crippen molar-refractivity contribution < 1.29 is 13.5 Å². The Morgan fingerprint density at radius 3 is 3.05 bits per heavy atom. The van der Waals surface area contributed by atoms with Crippen molar-refractivity contribution in [3.05, 3.63) is 53.7 Å². The maximum absolute atomic E-state index is 13.4. The lowest BCUT2D eigenvalue weighted by atomic mass is 9.83. The quantitative estimate of drug-likeness (QED) is 0.848. The molecule has 2 aliphatic rings. The van der Waals surface area contributed by atoms with Crippen molar-refractivity contribution in [2.75, 3.05) is 11.9 Å². The third kappa shape index (κ3) is 1.67. The Labute approximate surface area is 110 Å². The van der Waals surface area contributed by atoms with Gasteiger partial charge in [0.2, 0.25) is 0 Å². The molecule has 1 N–H and O–H groups in total. The molecule has 2 aromatic rings. The summed E-state index contributed by atoms with van der Waals surface area (Å²) in [5.74, 6) is 0.988. The monoisotopic (exact) mass is 259 g/mol. The van der Waals surface area contributed by atoms with Gasteiger partial charge in [-0.2, -0.15) is 0 Å². The fraction of sp³-hybridized carbons (Fsp3) is 0.333. The van der Waals surface area contributed by atoms with E-state index in [2.05, 4.69) is 5.32 Å². The number of anilines is 1. The van der Waals surface area contributed by atoms with E-state index in [0.717, 1.165) is 23.4 Å². The third-order valence-corrected chi connectivity index (χ3v) is 4.05. The Balaban J connectivity index is 1.80. The third-order valence-electron chi connectivity index (χ3n) is 4.05. The number of fused-ring (bicyclic) bond motifs is 3. The highest BCUT2D eigenvalue weighted by Gasteiger charge is 2.42. The van der Waals surface area contributed by atoms with Crippen molar-refractivity contribution in [3.8, 4) is 0 Å². The van der Waals surface area contributed by atoms with Gasteiger partial charge in [0.05, 0.1) is 18.4 Å². The van der Waals surface area contributed by atoms with Crippen molar-refractivity contribution in [2.45, 2.75) is 18.6 Å². The van der Waals surface area contributed by atoms with E-state index in [-0.39, 0.29) is 18.0 Å². The summed E-state index contributed by atoms with van der Waals surface area (Å²) in [5.41, 5.74) is 1.86. The summed E-state index contributed by atoms with van der Waals surface area (Å²) in [4.78, 5) is 0. The predicted octanol–water partition coefficient (Wildman–Crippen LogP) is 3.66. The number of hydrogen-bond acceptors (Lipinski definition) is 3. The Kier molecular flexibility index (Phi) is 2.38. The van der Waals surface area contributed by atoms with E-state index >= 15 is 0 Å². The first-order valence-corrected chi connectivity index (χ1v) is 6.54. The highest BCUT2D eigenvalue weighted by Crippen LogP contribution is 2.49. The largest absolute Gasteiger partial charge is 0.467 e. The van der Waals surface area contributed by atoms with Crippen LogP contribution >= 0.6 is 0 Å². The van der Waals surface area contributed by atoms with Crippen molar-refractivity contribution in [1.82, 2.24) is 0 Å². The number of rotatable bonds is 1. The lowest BCUT2D eigenvalue weighted by Crippen LogP contribution is -2.29. The van der Waals surface area contributed by atoms with E-state index in [1.54, 1.807) is 18.4 Å². The number of benzene rings is 1. The topological polar surface area (TPSA) is 34.4 Å². The molecule has 0 aliphatic carbocycles. The summed E-state index contributed by atoms with van der Waals surface area (Å²) in [6.07, 6.45) is 2.60. The minimum absolute atomic E-state index is 0.0398. The second kappa shape index (κ2) is 4.10. The lowest BCUT2D eigenvalue weighted by molar-refractivity contribution is 0.0805. The van der Waals surface area contributed by atoms with Gasteiger partial charge in [-0.25, -0.2) is 4.39 Å². The van der Waals surface area contributed by atoms with Gasteiger partial charge < -0.3 is 14.5 Å². The van der Waals surface area contributed by atoms with Crippen LogP contribution in [0.5, 0.6) is 0 Å². The first-order chi connectivity index (χ1) is 9.33. The smallest absolute Gasteiger partial charge is 0.126 e. The van der Waals surface area contributed by atoms with Gasteiger partial charge in [-0.1, -0.05) is 0 Å². The molecule has 4 rings (SSSR count). The molecule has 98 valence electrons. The van der Waals surface area contributed by atoms with E-state index in [0.29, 0.717) is 12.5 Å². The molecule has 0 unspecified atom stereocenters. The molecule has 1 fully saturated rings. The van der Waals surface area contributed by atoms with Crippen molar-refractivity contribution >= 4 is 5.69 Å². The molecule has 0 spiro atoms. The minimum atomic E-state index is -0.216. The summed E-state index contributed by atoms with van der Waals surface area (Å²) in [6, 6.07) is 8.78. The van der Waals surface area contributed by atoms with Crippen molar-refractivity contribution in [2.24, 2.45) is 5.92 Å². The van der Waals surface area contributed by atoms with E-state index in [1.807, 2.05) is 12.1 Å². The Morgan fingerprint density at radius 2 is 2.21 bits per heavy atom. The molecule has 0 radical (unpaired) electrons. The number of furan rings is 1. The van der Waals surface area contributed by atoms with Crippen molar-refractivity contribution in [1.29, 1.82) is 0 Å². The van der Waals surface area contributed by atoms with E-state index in [1.165, 1.54) is 6.07 Å². The lowest BCUT2D eigenvalue weighted by Gasteiger charge is -2.35. The molecule has 1 aromatic carbocycles. The van der Waals surface area contributed by atoms with Crippen LogP contribution in [0.2, 0.25) is 0 Å². The molecular weight excluding hydrogens is 245 g/mol. The average molecular weight is 259 g/mol. The number of ether oxygens (including phenoxy) is 1. The van der Waals surface area contributed by atoms with Crippen LogP contribution in [-0.2, 0) is 4.74 Å². The molecule has 1 saturated heterocycles. The molecule has 3 atom stereocenters. The zero-order valence-electron chi connectivity index (χ0n) is 10.3. The van der Waals surface area contributed by atoms with E-state index in [4.69, 9.17) is 9.15 Å². The maximum Gasteiger partial charge on any atom is 0.126 e. The second-order valence-corrected chi connectivity index (χ2v) is 5.11. The van der Waals surface area contributed by atoms with Crippen LogP contribution in [0.4, 0.5) is 10.1 Å². The van der Waals surface area contributed by atoms with Gasteiger partial charge in [-0.15, -0.1) is 0 Å². The second-order valence-electron chi connectivity index (χ2n) is 5.11. The van der Waals surface area contributed by atoms with Gasteiger partial charge in [0.1, 0.15) is 11.6 Å². The Hall–Kier alpha value is -1.81. The molecule has 0 saturated carbocycles. The summed E-state index contributed by atoms with van der Waals surface area (Å²) < 4.78 is 24.8. The van der Waals surface area contributed by atoms with E-state index in [9.17, 15) is 4.39 Å². The molecule has 0 bridgehead atoms. The van der Waals surface area contributed by atoms with Crippen LogP contribution in [0, 0.1) is 11.7 Å². The summed E-state index contributed by atoms with van der Waals surface area (Å²) >= 11 is 0. The number of halogens is 1. The van der Waals surface area contributed by atoms with Crippen LogP contribution in [0.25, 0.3) is 0 Å². The summed E-state index contributed by atoms with van der Waals surface area (Å²) in [6.45, 7) is 0.712. The number of hydrogen-bond donors (Lipinski definition) is 1. The SMILES string of the molecule is Fc1ccc2c(c1)[C@@H]1OCC[C@H]1[C@@H](c1ccco1)N2. The number of nitrogens with one attached hydrogen (secondary N) is 1. The van der Waals surface area contributed by atoms with Crippen LogP contribution in [0.3, 0.4) is 0 Å². The molecule has 3 heterocycles. The predicted molar refractivity (Wildman–Crippen MR) is 68.3 cm³/mol. The summed E-state index contributed by atoms with van der Waals surface area (Å²) in [7, 11) is 0. The van der Waals surface area contributed by atoms with Gasteiger partial charge in [0, 0.05) is 23.8 Å². The molecule has 0 amide bonds. The van der Waals surface area contributed by atoms with Gasteiger partial charge in [-0.05, 0) is 36.8 Å². The minimum Gasteiger partial charge on any atom is -0.467 e. The average Bonchev–Trinajstić information content (AvgIpc) is 3.09. The van der Waals surface area contributed by atoms with Gasteiger partial charge >= 0.3 is 0 Å². The highest BCUT2D eigenvalue weighted by atomic mass is 19.1. The fourth-order valence-electron chi connectivity index (χ4n) is 3.19. The first-order valence-electron chi connectivity index (χ1n) is 6.54. The summed E-state index contributed by atoms with van der Waals surface area (Å²) in [5, 5.41) is 3.46. The molecule has 3 nitrogen and oxygen atoms in total. The fourth-order valence-corrected chi connectivity index (χ4v) is 3.19. The molecular formula is C15H14FNO2. The zero-order valence-corrected chi connectivity index (χ0v) is 10.3. The molecule has 19 heavy (non-hydrogen) atoms. The van der Waals surface area contributed by atoms with Crippen LogP contribution in [0.15, 0.2) is 41.0 Å². The van der Waals surface area contributed by atoms with E-state index < -0.39 is 0 Å². The standard InChI is InChI=1S/C15H14FNO2/c16-9-3-4-12-11(8-9)15-10(5-7-19-15)14(17-12)13-2-1-6-18-13/h1-4,6,8,10,14-15,17H,5,7H2/t10-,14-,15+/m0/s1. The van der Waals surface area contributed by atoms with Crippen LogP contribution < -0.4 is 5.32 Å².